The quantitative estimate of drug-likeness (QED) is 0.751. The average molecular weight is 211 g/mol. The van der Waals surface area contributed by atoms with Gasteiger partial charge in [0.2, 0.25) is 0 Å². The van der Waals surface area contributed by atoms with Crippen LogP contribution in [0.4, 0.5) is 0 Å². The summed E-state index contributed by atoms with van der Waals surface area (Å²) < 4.78 is 0. The molecule has 0 aliphatic heterocycles. The fourth-order valence-corrected chi connectivity index (χ4v) is 3.14. The van der Waals surface area contributed by atoms with Crippen molar-refractivity contribution in [1.29, 1.82) is 0 Å². The minimum absolute atomic E-state index is 0.482. The molecule has 3 unspecified atom stereocenters. The van der Waals surface area contributed by atoms with Gasteiger partial charge in [-0.25, -0.2) is 0 Å². The topological polar surface area (TPSA) is 26.0 Å². The van der Waals surface area contributed by atoms with Crippen molar-refractivity contribution in [2.24, 2.45) is 29.4 Å². The van der Waals surface area contributed by atoms with Gasteiger partial charge >= 0.3 is 0 Å². The molecule has 15 heavy (non-hydrogen) atoms. The van der Waals surface area contributed by atoms with Crippen LogP contribution < -0.4 is 5.73 Å². The van der Waals surface area contributed by atoms with E-state index in [1.807, 2.05) is 0 Å². The van der Waals surface area contributed by atoms with E-state index in [2.05, 4.69) is 27.7 Å². The van der Waals surface area contributed by atoms with E-state index < -0.39 is 0 Å². The minimum atomic E-state index is 0.482. The molecule has 1 heteroatoms. The van der Waals surface area contributed by atoms with Gasteiger partial charge in [-0.3, -0.25) is 0 Å². The van der Waals surface area contributed by atoms with Crippen molar-refractivity contribution in [2.75, 3.05) is 0 Å². The number of hydrogen-bond acceptors (Lipinski definition) is 1. The second-order valence-corrected chi connectivity index (χ2v) is 6.36. The van der Waals surface area contributed by atoms with Crippen LogP contribution in [0.15, 0.2) is 0 Å². The molecule has 0 amide bonds. The highest BCUT2D eigenvalue weighted by atomic mass is 14.7. The van der Waals surface area contributed by atoms with Crippen molar-refractivity contribution >= 4 is 0 Å². The first-order chi connectivity index (χ1) is 6.99. The Kier molecular flexibility index (Phi) is 5.11. The second-order valence-electron chi connectivity index (χ2n) is 6.36. The standard InChI is InChI=1S/C14H29N/c1-10(2)7-12-5-6-14(15)13(9-12)8-11(3)4/h10-14H,5-9,15H2,1-4H3. The van der Waals surface area contributed by atoms with Gasteiger partial charge in [-0.15, -0.1) is 0 Å². The van der Waals surface area contributed by atoms with E-state index >= 15 is 0 Å². The molecule has 1 nitrogen and oxygen atoms in total. The maximum Gasteiger partial charge on any atom is 0.00674 e. The van der Waals surface area contributed by atoms with E-state index in [4.69, 9.17) is 5.73 Å². The molecule has 0 radical (unpaired) electrons. The Balaban J connectivity index is 2.41. The molecule has 1 fully saturated rings. The molecule has 0 heterocycles. The number of rotatable bonds is 4. The molecule has 1 saturated carbocycles. The van der Waals surface area contributed by atoms with Crippen molar-refractivity contribution in [2.45, 2.75) is 65.8 Å². The van der Waals surface area contributed by atoms with Crippen molar-refractivity contribution in [3.05, 3.63) is 0 Å². The van der Waals surface area contributed by atoms with Crippen LogP contribution in [0.25, 0.3) is 0 Å². The lowest BCUT2D eigenvalue weighted by atomic mass is 9.73. The van der Waals surface area contributed by atoms with E-state index in [0.29, 0.717) is 6.04 Å². The molecule has 0 aromatic carbocycles. The van der Waals surface area contributed by atoms with Crippen LogP contribution in [-0.2, 0) is 0 Å². The largest absolute Gasteiger partial charge is 0.327 e. The summed E-state index contributed by atoms with van der Waals surface area (Å²) in [7, 11) is 0. The molecule has 2 N–H and O–H groups in total. The van der Waals surface area contributed by atoms with Gasteiger partial charge in [0.15, 0.2) is 0 Å². The first-order valence-corrected chi connectivity index (χ1v) is 6.74. The van der Waals surface area contributed by atoms with Gasteiger partial charge < -0.3 is 5.73 Å². The summed E-state index contributed by atoms with van der Waals surface area (Å²) in [5, 5.41) is 0. The van der Waals surface area contributed by atoms with Gasteiger partial charge in [-0.2, -0.15) is 0 Å². The maximum atomic E-state index is 6.22. The van der Waals surface area contributed by atoms with Gasteiger partial charge in [-0.1, -0.05) is 27.7 Å². The number of nitrogens with two attached hydrogens (primary N) is 1. The van der Waals surface area contributed by atoms with Crippen LogP contribution in [-0.4, -0.2) is 6.04 Å². The zero-order valence-electron chi connectivity index (χ0n) is 11.0. The zero-order chi connectivity index (χ0) is 11.4. The minimum Gasteiger partial charge on any atom is -0.327 e. The molecule has 0 bridgehead atoms. The van der Waals surface area contributed by atoms with Crippen molar-refractivity contribution in [1.82, 2.24) is 0 Å². The van der Waals surface area contributed by atoms with E-state index in [-0.39, 0.29) is 0 Å². The third kappa shape index (κ3) is 4.55. The summed E-state index contributed by atoms with van der Waals surface area (Å²) in [5.74, 6) is 3.40. The Morgan fingerprint density at radius 1 is 1.00 bits per heavy atom. The molecule has 90 valence electrons. The fraction of sp³-hybridized carbons (Fsp3) is 1.00. The lowest BCUT2D eigenvalue weighted by molar-refractivity contribution is 0.186. The molecular formula is C14H29N. The summed E-state index contributed by atoms with van der Waals surface area (Å²) in [5.41, 5.74) is 6.22. The van der Waals surface area contributed by atoms with Crippen LogP contribution in [0.2, 0.25) is 0 Å². The first kappa shape index (κ1) is 13.0. The Bertz CT molecular complexity index is 174. The predicted octanol–water partition coefficient (Wildman–Crippen LogP) is 3.82. The molecule has 1 rings (SSSR count). The lowest BCUT2D eigenvalue weighted by Crippen LogP contribution is -2.37. The van der Waals surface area contributed by atoms with Crippen LogP contribution in [0.5, 0.6) is 0 Å². The van der Waals surface area contributed by atoms with Crippen LogP contribution in [0.3, 0.4) is 0 Å². The Morgan fingerprint density at radius 3 is 2.13 bits per heavy atom. The Labute approximate surface area is 95.8 Å². The average Bonchev–Trinajstić information content (AvgIpc) is 2.09. The van der Waals surface area contributed by atoms with E-state index in [9.17, 15) is 0 Å². The molecule has 3 atom stereocenters. The van der Waals surface area contributed by atoms with Crippen molar-refractivity contribution in [3.8, 4) is 0 Å². The van der Waals surface area contributed by atoms with Crippen LogP contribution >= 0.6 is 0 Å². The summed E-state index contributed by atoms with van der Waals surface area (Å²) >= 11 is 0. The Morgan fingerprint density at radius 2 is 1.60 bits per heavy atom. The van der Waals surface area contributed by atoms with Gasteiger partial charge in [0.1, 0.15) is 0 Å². The third-order valence-corrected chi connectivity index (χ3v) is 3.73. The fourth-order valence-electron chi connectivity index (χ4n) is 3.14. The molecule has 1 aliphatic carbocycles. The van der Waals surface area contributed by atoms with Crippen molar-refractivity contribution in [3.63, 3.8) is 0 Å². The summed E-state index contributed by atoms with van der Waals surface area (Å²) in [6.45, 7) is 9.32. The SMILES string of the molecule is CC(C)CC1CCC(N)C(CC(C)C)C1. The summed E-state index contributed by atoms with van der Waals surface area (Å²) in [6.07, 6.45) is 6.75. The van der Waals surface area contributed by atoms with Gasteiger partial charge in [0.05, 0.1) is 0 Å². The smallest absolute Gasteiger partial charge is 0.00674 e. The number of hydrogen-bond donors (Lipinski definition) is 1. The van der Waals surface area contributed by atoms with Gasteiger partial charge in [0, 0.05) is 6.04 Å². The van der Waals surface area contributed by atoms with E-state index in [1.165, 1.54) is 32.1 Å². The zero-order valence-corrected chi connectivity index (χ0v) is 11.0. The molecular weight excluding hydrogens is 182 g/mol. The molecule has 0 saturated heterocycles. The van der Waals surface area contributed by atoms with Crippen LogP contribution in [0, 0.1) is 23.7 Å². The molecule has 1 aliphatic rings. The lowest BCUT2D eigenvalue weighted by Gasteiger charge is -2.35. The third-order valence-electron chi connectivity index (χ3n) is 3.73. The Hall–Kier alpha value is -0.0400. The normalized spacial score (nSPS) is 32.6. The van der Waals surface area contributed by atoms with E-state index in [0.717, 1.165) is 23.7 Å². The van der Waals surface area contributed by atoms with Crippen molar-refractivity contribution < 1.29 is 0 Å². The van der Waals surface area contributed by atoms with Gasteiger partial charge in [0.25, 0.3) is 0 Å². The van der Waals surface area contributed by atoms with E-state index in [1.54, 1.807) is 0 Å². The summed E-state index contributed by atoms with van der Waals surface area (Å²) in [6, 6.07) is 0.482. The van der Waals surface area contributed by atoms with Crippen LogP contribution in [0.1, 0.15) is 59.8 Å². The highest BCUT2D eigenvalue weighted by molar-refractivity contribution is 4.83. The summed E-state index contributed by atoms with van der Waals surface area (Å²) in [4.78, 5) is 0. The molecule has 0 spiro atoms. The monoisotopic (exact) mass is 211 g/mol. The second kappa shape index (κ2) is 5.89. The molecule has 0 aromatic heterocycles. The highest BCUT2D eigenvalue weighted by Crippen LogP contribution is 2.35. The highest BCUT2D eigenvalue weighted by Gasteiger charge is 2.28. The predicted molar refractivity (Wildman–Crippen MR) is 67.7 cm³/mol. The molecule has 0 aromatic rings. The maximum absolute atomic E-state index is 6.22. The van der Waals surface area contributed by atoms with Gasteiger partial charge in [-0.05, 0) is 55.8 Å². The first-order valence-electron chi connectivity index (χ1n) is 6.74.